The Bertz CT molecular complexity index is 789. The highest BCUT2D eigenvalue weighted by Gasteiger charge is 2.31. The van der Waals surface area contributed by atoms with Crippen LogP contribution >= 0.6 is 11.6 Å². The highest BCUT2D eigenvalue weighted by Crippen LogP contribution is 2.34. The topological polar surface area (TPSA) is 64.0 Å². The van der Waals surface area contributed by atoms with Crippen LogP contribution in [0.25, 0.3) is 0 Å². The minimum Gasteiger partial charge on any atom is -0.323 e. The molecule has 1 amide bonds. The highest BCUT2D eigenvalue weighted by molar-refractivity contribution is 6.33. The number of anilines is 1. The molecule has 5 nitrogen and oxygen atoms in total. The molecule has 1 N–H and O–H groups in total. The summed E-state index contributed by atoms with van der Waals surface area (Å²) < 4.78 is 39.0. The van der Waals surface area contributed by atoms with Gasteiger partial charge in [0.05, 0.1) is 16.3 Å². The first-order chi connectivity index (χ1) is 10.7. The summed E-state index contributed by atoms with van der Waals surface area (Å²) in [5, 5.41) is 5.98. The van der Waals surface area contributed by atoms with E-state index in [4.69, 9.17) is 11.6 Å². The van der Waals surface area contributed by atoms with Gasteiger partial charge in [0.25, 0.3) is 5.56 Å². The van der Waals surface area contributed by atoms with Crippen LogP contribution < -0.4 is 10.9 Å². The summed E-state index contributed by atoms with van der Waals surface area (Å²) >= 11 is 5.81. The second-order valence-electron chi connectivity index (χ2n) is 4.66. The molecule has 1 heterocycles. The number of nitrogens with zero attached hydrogens (tertiary/aromatic N) is 2. The number of aromatic nitrogens is 2. The monoisotopic (exact) mass is 345 g/mol. The summed E-state index contributed by atoms with van der Waals surface area (Å²) in [7, 11) is 0. The van der Waals surface area contributed by atoms with E-state index in [9.17, 15) is 22.8 Å². The van der Waals surface area contributed by atoms with Gasteiger partial charge < -0.3 is 5.32 Å². The smallest absolute Gasteiger partial charge is 0.323 e. The SMILES string of the molecule is CC(C(=O)Nc1cc(C(F)(F)F)ccc1Cl)n1ncccc1=O. The fourth-order valence-electron chi connectivity index (χ4n) is 1.81. The van der Waals surface area contributed by atoms with Crippen LogP contribution in [0.2, 0.25) is 5.02 Å². The zero-order valence-corrected chi connectivity index (χ0v) is 12.5. The van der Waals surface area contributed by atoms with E-state index in [0.29, 0.717) is 0 Å². The maximum absolute atomic E-state index is 12.7. The van der Waals surface area contributed by atoms with Gasteiger partial charge in [-0.1, -0.05) is 11.6 Å². The van der Waals surface area contributed by atoms with Crippen LogP contribution in [0.3, 0.4) is 0 Å². The summed E-state index contributed by atoms with van der Waals surface area (Å²) in [4.78, 5) is 23.7. The molecule has 1 aromatic heterocycles. The lowest BCUT2D eigenvalue weighted by Crippen LogP contribution is -2.32. The van der Waals surface area contributed by atoms with E-state index < -0.39 is 29.2 Å². The first-order valence-electron chi connectivity index (χ1n) is 6.41. The standard InChI is InChI=1S/C14H11ClF3N3O2/c1-8(21-12(22)3-2-6-19-21)13(23)20-11-7-9(14(16,17)18)4-5-10(11)15/h2-8H,1H3,(H,20,23). The number of hydrogen-bond acceptors (Lipinski definition) is 3. The minimum atomic E-state index is -4.56. The molecule has 0 aliphatic carbocycles. The number of alkyl halides is 3. The molecule has 2 aromatic rings. The predicted octanol–water partition coefficient (Wildman–Crippen LogP) is 3.12. The molecule has 0 fully saturated rings. The van der Waals surface area contributed by atoms with E-state index >= 15 is 0 Å². The Morgan fingerprint density at radius 3 is 2.65 bits per heavy atom. The van der Waals surface area contributed by atoms with Crippen LogP contribution in [0.5, 0.6) is 0 Å². The van der Waals surface area contributed by atoms with Gasteiger partial charge in [-0.05, 0) is 31.2 Å². The molecule has 9 heteroatoms. The summed E-state index contributed by atoms with van der Waals surface area (Å²) in [5.41, 5.74) is -1.65. The molecule has 0 aliphatic heterocycles. The largest absolute Gasteiger partial charge is 0.416 e. The lowest BCUT2D eigenvalue weighted by atomic mass is 10.2. The van der Waals surface area contributed by atoms with Gasteiger partial charge in [0.1, 0.15) is 6.04 Å². The van der Waals surface area contributed by atoms with Crippen LogP contribution in [0.15, 0.2) is 41.3 Å². The fourth-order valence-corrected chi connectivity index (χ4v) is 1.97. The number of amides is 1. The van der Waals surface area contributed by atoms with Crippen molar-refractivity contribution in [2.45, 2.75) is 19.1 Å². The average Bonchev–Trinajstić information content (AvgIpc) is 2.48. The van der Waals surface area contributed by atoms with E-state index in [1.165, 1.54) is 25.3 Å². The van der Waals surface area contributed by atoms with Gasteiger partial charge in [0, 0.05) is 12.3 Å². The Kier molecular flexibility index (Phi) is 4.74. The first-order valence-corrected chi connectivity index (χ1v) is 6.79. The van der Waals surface area contributed by atoms with Crippen molar-refractivity contribution in [1.29, 1.82) is 0 Å². The number of benzene rings is 1. The van der Waals surface area contributed by atoms with Crippen LogP contribution in [0, 0.1) is 0 Å². The average molecular weight is 346 g/mol. The summed E-state index contributed by atoms with van der Waals surface area (Å²) in [6.07, 6.45) is -3.24. The van der Waals surface area contributed by atoms with Crippen LogP contribution in [-0.4, -0.2) is 15.7 Å². The van der Waals surface area contributed by atoms with Gasteiger partial charge in [-0.15, -0.1) is 0 Å². The third-order valence-electron chi connectivity index (χ3n) is 3.04. The Labute approximate surface area is 133 Å². The summed E-state index contributed by atoms with van der Waals surface area (Å²) in [6.45, 7) is 1.39. The van der Waals surface area contributed by atoms with Gasteiger partial charge in [-0.3, -0.25) is 9.59 Å². The summed E-state index contributed by atoms with van der Waals surface area (Å²) in [5.74, 6) is -0.716. The van der Waals surface area contributed by atoms with Crippen molar-refractivity contribution in [2.24, 2.45) is 0 Å². The van der Waals surface area contributed by atoms with Crippen LogP contribution in [0.1, 0.15) is 18.5 Å². The second kappa shape index (κ2) is 6.41. The zero-order chi connectivity index (χ0) is 17.2. The van der Waals surface area contributed by atoms with Gasteiger partial charge >= 0.3 is 6.18 Å². The van der Waals surface area contributed by atoms with E-state index in [2.05, 4.69) is 10.4 Å². The van der Waals surface area contributed by atoms with Crippen molar-refractivity contribution in [1.82, 2.24) is 9.78 Å². The Morgan fingerprint density at radius 1 is 1.35 bits per heavy atom. The third kappa shape index (κ3) is 3.89. The minimum absolute atomic E-state index is 0.0492. The lowest BCUT2D eigenvalue weighted by Gasteiger charge is -2.15. The Hall–Kier alpha value is -2.35. The van der Waals surface area contributed by atoms with Gasteiger partial charge in [-0.25, -0.2) is 4.68 Å². The number of carbonyl (C=O) groups excluding carboxylic acids is 1. The molecule has 23 heavy (non-hydrogen) atoms. The Balaban J connectivity index is 2.27. The van der Waals surface area contributed by atoms with Crippen LogP contribution in [0.4, 0.5) is 18.9 Å². The number of hydrogen-bond donors (Lipinski definition) is 1. The van der Waals surface area contributed by atoms with Gasteiger partial charge in [0.15, 0.2) is 0 Å². The molecule has 1 atom stereocenters. The Morgan fingerprint density at radius 2 is 2.04 bits per heavy atom. The van der Waals surface area contributed by atoms with Crippen molar-refractivity contribution >= 4 is 23.2 Å². The molecule has 0 bridgehead atoms. The number of carbonyl (C=O) groups is 1. The molecule has 0 saturated carbocycles. The zero-order valence-electron chi connectivity index (χ0n) is 11.8. The molecule has 1 unspecified atom stereocenters. The molecule has 122 valence electrons. The molecular formula is C14H11ClF3N3O2. The van der Waals surface area contributed by atoms with Gasteiger partial charge in [0.2, 0.25) is 5.91 Å². The molecular weight excluding hydrogens is 335 g/mol. The molecule has 1 aromatic carbocycles. The second-order valence-corrected chi connectivity index (χ2v) is 5.07. The first kappa shape index (κ1) is 17.0. The third-order valence-corrected chi connectivity index (χ3v) is 3.37. The normalized spacial score (nSPS) is 12.7. The molecule has 0 aliphatic rings. The van der Waals surface area contributed by atoms with E-state index in [1.54, 1.807) is 0 Å². The van der Waals surface area contributed by atoms with Crippen LogP contribution in [-0.2, 0) is 11.0 Å². The van der Waals surface area contributed by atoms with E-state index in [1.807, 2.05) is 0 Å². The number of halogens is 4. The van der Waals surface area contributed by atoms with Crippen molar-refractivity contribution in [3.8, 4) is 0 Å². The number of rotatable bonds is 3. The van der Waals surface area contributed by atoms with E-state index in [0.717, 1.165) is 22.9 Å². The van der Waals surface area contributed by atoms with Crippen molar-refractivity contribution in [3.63, 3.8) is 0 Å². The van der Waals surface area contributed by atoms with E-state index in [-0.39, 0.29) is 10.7 Å². The molecule has 2 rings (SSSR count). The predicted molar refractivity (Wildman–Crippen MR) is 78.3 cm³/mol. The maximum Gasteiger partial charge on any atom is 0.416 e. The fraction of sp³-hybridized carbons (Fsp3) is 0.214. The highest BCUT2D eigenvalue weighted by atomic mass is 35.5. The number of nitrogens with one attached hydrogen (secondary N) is 1. The molecule has 0 spiro atoms. The molecule has 0 saturated heterocycles. The van der Waals surface area contributed by atoms with Crippen molar-refractivity contribution < 1.29 is 18.0 Å². The maximum atomic E-state index is 12.7. The lowest BCUT2D eigenvalue weighted by molar-refractivity contribution is -0.137. The summed E-state index contributed by atoms with van der Waals surface area (Å²) in [6, 6.07) is 4.19. The molecule has 0 radical (unpaired) electrons. The van der Waals surface area contributed by atoms with Crippen molar-refractivity contribution in [3.05, 3.63) is 57.5 Å². The van der Waals surface area contributed by atoms with Crippen molar-refractivity contribution in [2.75, 3.05) is 5.32 Å². The van der Waals surface area contributed by atoms with Gasteiger partial charge in [-0.2, -0.15) is 18.3 Å². The quantitative estimate of drug-likeness (QED) is 0.929.